The Morgan fingerprint density at radius 2 is 1.65 bits per heavy atom. The number of fused-ring (bicyclic) bond motifs is 1. The molecule has 2 atom stereocenters. The first-order chi connectivity index (χ1) is 20.6. The minimum Gasteiger partial charge on any atom is -0.497 e. The molecule has 1 heterocycles. The van der Waals surface area contributed by atoms with Crippen LogP contribution in [0.5, 0.6) is 17.2 Å². The lowest BCUT2D eigenvalue weighted by Gasteiger charge is -2.34. The zero-order chi connectivity index (χ0) is 31.0. The third kappa shape index (κ3) is 8.41. The molecule has 2 amide bonds. The average Bonchev–Trinajstić information content (AvgIpc) is 3.01. The molecule has 10 nitrogen and oxygen atoms in total. The van der Waals surface area contributed by atoms with Gasteiger partial charge < -0.3 is 24.4 Å². The fourth-order valence-corrected chi connectivity index (χ4v) is 5.60. The van der Waals surface area contributed by atoms with Crippen molar-refractivity contribution in [2.75, 3.05) is 37.4 Å². The Hall–Kier alpha value is -4.25. The molecule has 4 rings (SSSR count). The van der Waals surface area contributed by atoms with Crippen LogP contribution in [-0.4, -0.2) is 70.3 Å². The molecule has 0 saturated heterocycles. The number of methoxy groups -OCH3 is 1. The smallest absolute Gasteiger partial charge is 0.244 e. The van der Waals surface area contributed by atoms with E-state index in [0.717, 1.165) is 21.7 Å². The number of anilines is 1. The number of rotatable bonds is 13. The quantitative estimate of drug-likeness (QED) is 0.314. The van der Waals surface area contributed by atoms with Gasteiger partial charge >= 0.3 is 0 Å². The summed E-state index contributed by atoms with van der Waals surface area (Å²) in [6.07, 6.45) is 1.99. The Kier molecular flexibility index (Phi) is 10.5. The number of amides is 2. The molecule has 2 unspecified atom stereocenters. The largest absolute Gasteiger partial charge is 0.497 e. The van der Waals surface area contributed by atoms with E-state index in [0.29, 0.717) is 36.9 Å². The van der Waals surface area contributed by atoms with Crippen LogP contribution in [0.1, 0.15) is 31.4 Å². The number of nitrogens with zero attached hydrogens (tertiary/aromatic N) is 2. The van der Waals surface area contributed by atoms with Crippen molar-refractivity contribution in [3.63, 3.8) is 0 Å². The first-order valence-corrected chi connectivity index (χ1v) is 16.1. The van der Waals surface area contributed by atoms with E-state index >= 15 is 0 Å². The zero-order valence-electron chi connectivity index (χ0n) is 25.0. The standard InChI is InChI=1S/C32H39N3O7S/c1-5-23(2)33-32(37)28(19-24-10-7-6-8-11-24)34(21-25-12-9-13-27(18-25)40-3)31(36)22-35(43(4,38)39)26-14-15-29-30(20-26)42-17-16-41-29/h6-15,18,20,23,28H,5,16-17,19,21-22H2,1-4H3,(H,33,37). The number of sulfonamides is 1. The van der Waals surface area contributed by atoms with Gasteiger partial charge in [0.05, 0.1) is 19.1 Å². The maximum absolute atomic E-state index is 14.3. The highest BCUT2D eigenvalue weighted by molar-refractivity contribution is 7.92. The topological polar surface area (TPSA) is 114 Å². The number of benzene rings is 3. The minimum atomic E-state index is -3.92. The Morgan fingerprint density at radius 1 is 0.953 bits per heavy atom. The van der Waals surface area contributed by atoms with Crippen molar-refractivity contribution in [2.45, 2.75) is 45.3 Å². The van der Waals surface area contributed by atoms with E-state index < -0.39 is 28.5 Å². The highest BCUT2D eigenvalue weighted by Crippen LogP contribution is 2.35. The van der Waals surface area contributed by atoms with Crippen LogP contribution < -0.4 is 23.8 Å². The summed E-state index contributed by atoms with van der Waals surface area (Å²) in [7, 11) is -2.36. The van der Waals surface area contributed by atoms with Gasteiger partial charge in [0, 0.05) is 25.1 Å². The van der Waals surface area contributed by atoms with Gasteiger partial charge in [-0.05, 0) is 48.7 Å². The van der Waals surface area contributed by atoms with Gasteiger partial charge in [0.2, 0.25) is 21.8 Å². The number of hydrogen-bond donors (Lipinski definition) is 1. The molecule has 0 aromatic heterocycles. The van der Waals surface area contributed by atoms with Crippen LogP contribution in [0, 0.1) is 0 Å². The summed E-state index contributed by atoms with van der Waals surface area (Å²) in [6.45, 7) is 4.12. The molecule has 3 aromatic carbocycles. The van der Waals surface area contributed by atoms with Crippen molar-refractivity contribution in [1.82, 2.24) is 10.2 Å². The van der Waals surface area contributed by atoms with Crippen LogP contribution in [0.3, 0.4) is 0 Å². The highest BCUT2D eigenvalue weighted by atomic mass is 32.2. The Bertz CT molecular complexity index is 1510. The number of hydrogen-bond acceptors (Lipinski definition) is 7. The molecular formula is C32H39N3O7S. The number of nitrogens with one attached hydrogen (secondary N) is 1. The molecule has 230 valence electrons. The molecular weight excluding hydrogens is 570 g/mol. The predicted octanol–water partition coefficient (Wildman–Crippen LogP) is 3.79. The molecule has 3 aromatic rings. The second-order valence-electron chi connectivity index (χ2n) is 10.5. The summed E-state index contributed by atoms with van der Waals surface area (Å²) >= 11 is 0. The van der Waals surface area contributed by atoms with E-state index in [1.165, 1.54) is 4.90 Å². The van der Waals surface area contributed by atoms with Gasteiger partial charge in [0.1, 0.15) is 31.5 Å². The summed E-state index contributed by atoms with van der Waals surface area (Å²) in [5, 5.41) is 3.02. The first kappa shape index (κ1) is 31.7. The number of carbonyl (C=O) groups is 2. The lowest BCUT2D eigenvalue weighted by Crippen LogP contribution is -2.54. The minimum absolute atomic E-state index is 0.0558. The van der Waals surface area contributed by atoms with Crippen LogP contribution >= 0.6 is 0 Å². The van der Waals surface area contributed by atoms with E-state index in [1.54, 1.807) is 43.5 Å². The van der Waals surface area contributed by atoms with Crippen LogP contribution in [0.25, 0.3) is 0 Å². The predicted molar refractivity (Wildman–Crippen MR) is 165 cm³/mol. The molecule has 0 saturated carbocycles. The summed E-state index contributed by atoms with van der Waals surface area (Å²) < 4.78 is 43.8. The maximum atomic E-state index is 14.3. The SMILES string of the molecule is CCC(C)NC(=O)C(Cc1ccccc1)N(Cc1cccc(OC)c1)C(=O)CN(c1ccc2c(c1)OCCO2)S(C)(=O)=O. The summed E-state index contributed by atoms with van der Waals surface area (Å²) in [5.41, 5.74) is 1.85. The Morgan fingerprint density at radius 3 is 2.33 bits per heavy atom. The summed E-state index contributed by atoms with van der Waals surface area (Å²) in [4.78, 5) is 29.5. The van der Waals surface area contributed by atoms with Crippen molar-refractivity contribution < 1.29 is 32.2 Å². The van der Waals surface area contributed by atoms with Crippen LogP contribution in [0.4, 0.5) is 5.69 Å². The van der Waals surface area contributed by atoms with Crippen molar-refractivity contribution in [2.24, 2.45) is 0 Å². The molecule has 43 heavy (non-hydrogen) atoms. The van der Waals surface area contributed by atoms with Crippen molar-refractivity contribution in [3.8, 4) is 17.2 Å². The van der Waals surface area contributed by atoms with Gasteiger partial charge in [0.25, 0.3) is 0 Å². The van der Waals surface area contributed by atoms with Gasteiger partial charge in [-0.2, -0.15) is 0 Å². The molecule has 0 spiro atoms. The van der Waals surface area contributed by atoms with E-state index in [9.17, 15) is 18.0 Å². The van der Waals surface area contributed by atoms with Crippen LogP contribution in [-0.2, 0) is 32.6 Å². The highest BCUT2D eigenvalue weighted by Gasteiger charge is 2.34. The molecule has 0 bridgehead atoms. The Balaban J connectivity index is 1.74. The number of ether oxygens (including phenoxy) is 3. The van der Waals surface area contributed by atoms with Crippen LogP contribution in [0.15, 0.2) is 72.8 Å². The molecule has 0 aliphatic carbocycles. The molecule has 1 aliphatic heterocycles. The third-order valence-electron chi connectivity index (χ3n) is 7.25. The van der Waals surface area contributed by atoms with Gasteiger partial charge in [-0.3, -0.25) is 13.9 Å². The lowest BCUT2D eigenvalue weighted by atomic mass is 10.0. The monoisotopic (exact) mass is 609 g/mol. The maximum Gasteiger partial charge on any atom is 0.244 e. The van der Waals surface area contributed by atoms with E-state index in [-0.39, 0.29) is 30.6 Å². The molecule has 1 aliphatic rings. The second kappa shape index (κ2) is 14.3. The van der Waals surface area contributed by atoms with Crippen molar-refractivity contribution in [1.29, 1.82) is 0 Å². The molecule has 11 heteroatoms. The molecule has 0 radical (unpaired) electrons. The zero-order valence-corrected chi connectivity index (χ0v) is 25.8. The van der Waals surface area contributed by atoms with E-state index in [1.807, 2.05) is 50.2 Å². The second-order valence-corrected chi connectivity index (χ2v) is 12.4. The summed E-state index contributed by atoms with van der Waals surface area (Å²) in [6, 6.07) is 20.4. The van der Waals surface area contributed by atoms with Gasteiger partial charge in [-0.1, -0.05) is 49.4 Å². The van der Waals surface area contributed by atoms with Gasteiger partial charge in [-0.25, -0.2) is 8.42 Å². The van der Waals surface area contributed by atoms with Gasteiger partial charge in [0.15, 0.2) is 11.5 Å². The normalized spacial score (nSPS) is 13.9. The van der Waals surface area contributed by atoms with Crippen molar-refractivity contribution in [3.05, 3.63) is 83.9 Å². The fourth-order valence-electron chi connectivity index (χ4n) is 4.76. The molecule has 0 fully saturated rings. The van der Waals surface area contributed by atoms with Crippen LogP contribution in [0.2, 0.25) is 0 Å². The lowest BCUT2D eigenvalue weighted by molar-refractivity contribution is -0.140. The number of carbonyl (C=O) groups excluding carboxylic acids is 2. The molecule has 1 N–H and O–H groups in total. The summed E-state index contributed by atoms with van der Waals surface area (Å²) in [5.74, 6) is 0.637. The third-order valence-corrected chi connectivity index (χ3v) is 8.39. The Labute approximate surface area is 253 Å². The van der Waals surface area contributed by atoms with E-state index in [2.05, 4.69) is 5.32 Å². The van der Waals surface area contributed by atoms with Crippen molar-refractivity contribution >= 4 is 27.5 Å². The fraction of sp³-hybridized carbons (Fsp3) is 0.375. The average molecular weight is 610 g/mol. The first-order valence-electron chi connectivity index (χ1n) is 14.2. The van der Waals surface area contributed by atoms with Gasteiger partial charge in [-0.15, -0.1) is 0 Å². The van der Waals surface area contributed by atoms with E-state index in [4.69, 9.17) is 14.2 Å².